The number of hydrogen-bond acceptors (Lipinski definition) is 3. The highest BCUT2D eigenvalue weighted by Crippen LogP contribution is 2.27. The topological polar surface area (TPSA) is 72.2 Å². The fourth-order valence-electron chi connectivity index (χ4n) is 0.991. The van der Waals surface area contributed by atoms with E-state index in [0.717, 1.165) is 0 Å². The minimum absolute atomic E-state index is 0.0994. The molecule has 0 saturated carbocycles. The van der Waals surface area contributed by atoms with Crippen LogP contribution in [0.4, 0.5) is 11.4 Å². The molecule has 0 heterocycles. The van der Waals surface area contributed by atoms with E-state index in [1.807, 2.05) is 0 Å². The van der Waals surface area contributed by atoms with Gasteiger partial charge < -0.3 is 5.32 Å². The number of amides is 1. The van der Waals surface area contributed by atoms with Gasteiger partial charge in [0.05, 0.1) is 4.92 Å². The van der Waals surface area contributed by atoms with Crippen molar-refractivity contribution in [1.82, 2.24) is 0 Å². The average Bonchev–Trinajstić information content (AvgIpc) is 2.20. The number of nitro benzene ring substituents is 1. The SMILES string of the molecule is C=C(C)C(=O)Nc1ccc(Cl)cc1[N+](=O)[O-]. The van der Waals surface area contributed by atoms with Gasteiger partial charge in [0.15, 0.2) is 0 Å². The molecule has 0 bridgehead atoms. The molecule has 6 heteroatoms. The van der Waals surface area contributed by atoms with Gasteiger partial charge in [-0.1, -0.05) is 18.2 Å². The van der Waals surface area contributed by atoms with Gasteiger partial charge in [-0.25, -0.2) is 0 Å². The third-order valence-electron chi connectivity index (χ3n) is 1.79. The van der Waals surface area contributed by atoms with Crippen LogP contribution in [-0.2, 0) is 4.79 Å². The third-order valence-corrected chi connectivity index (χ3v) is 2.03. The minimum atomic E-state index is -0.611. The summed E-state index contributed by atoms with van der Waals surface area (Å²) in [5.41, 5.74) is 0.119. The van der Waals surface area contributed by atoms with Gasteiger partial charge >= 0.3 is 0 Å². The standard InChI is InChI=1S/C10H9ClN2O3/c1-6(2)10(14)12-8-4-3-7(11)5-9(8)13(15)16/h3-5H,1H2,2H3,(H,12,14). The Balaban J connectivity index is 3.09. The number of nitrogens with one attached hydrogen (secondary N) is 1. The van der Waals surface area contributed by atoms with E-state index < -0.39 is 10.8 Å². The van der Waals surface area contributed by atoms with Crippen molar-refractivity contribution in [2.24, 2.45) is 0 Å². The van der Waals surface area contributed by atoms with Crippen molar-refractivity contribution >= 4 is 28.9 Å². The van der Waals surface area contributed by atoms with Gasteiger partial charge in [0.1, 0.15) is 5.69 Å². The van der Waals surface area contributed by atoms with Gasteiger partial charge in [0, 0.05) is 16.7 Å². The number of hydrogen-bond donors (Lipinski definition) is 1. The maximum Gasteiger partial charge on any atom is 0.294 e. The predicted octanol–water partition coefficient (Wildman–Crippen LogP) is 2.76. The van der Waals surface area contributed by atoms with E-state index in [-0.39, 0.29) is 22.0 Å². The van der Waals surface area contributed by atoms with E-state index in [2.05, 4.69) is 11.9 Å². The van der Waals surface area contributed by atoms with Crippen molar-refractivity contribution in [3.8, 4) is 0 Å². The predicted molar refractivity (Wildman–Crippen MR) is 61.6 cm³/mol. The van der Waals surface area contributed by atoms with Crippen LogP contribution in [0.5, 0.6) is 0 Å². The highest BCUT2D eigenvalue weighted by Gasteiger charge is 2.16. The lowest BCUT2D eigenvalue weighted by Gasteiger charge is -2.05. The molecule has 1 aromatic carbocycles. The number of nitrogens with zero attached hydrogens (tertiary/aromatic N) is 1. The van der Waals surface area contributed by atoms with Crippen LogP contribution in [0.3, 0.4) is 0 Å². The number of carbonyl (C=O) groups excluding carboxylic acids is 1. The van der Waals surface area contributed by atoms with Crippen LogP contribution < -0.4 is 5.32 Å². The minimum Gasteiger partial charge on any atom is -0.317 e. The fourth-order valence-corrected chi connectivity index (χ4v) is 1.16. The first-order chi connectivity index (χ1) is 7.41. The first kappa shape index (κ1) is 12.2. The van der Waals surface area contributed by atoms with E-state index >= 15 is 0 Å². The van der Waals surface area contributed by atoms with Crippen molar-refractivity contribution in [1.29, 1.82) is 0 Å². The molecule has 0 radical (unpaired) electrons. The summed E-state index contributed by atoms with van der Waals surface area (Å²) in [5.74, 6) is -0.467. The molecule has 16 heavy (non-hydrogen) atoms. The molecular weight excluding hydrogens is 232 g/mol. The van der Waals surface area contributed by atoms with Crippen LogP contribution in [-0.4, -0.2) is 10.8 Å². The smallest absolute Gasteiger partial charge is 0.294 e. The fraction of sp³-hybridized carbons (Fsp3) is 0.100. The first-order valence-corrected chi connectivity index (χ1v) is 4.70. The molecule has 0 unspecified atom stereocenters. The van der Waals surface area contributed by atoms with Gasteiger partial charge in [-0.15, -0.1) is 0 Å². The largest absolute Gasteiger partial charge is 0.317 e. The van der Waals surface area contributed by atoms with Crippen molar-refractivity contribution in [3.05, 3.63) is 45.5 Å². The molecule has 84 valence electrons. The molecule has 1 N–H and O–H groups in total. The van der Waals surface area contributed by atoms with E-state index in [9.17, 15) is 14.9 Å². The van der Waals surface area contributed by atoms with Crippen molar-refractivity contribution in [2.45, 2.75) is 6.92 Å². The maximum atomic E-state index is 11.3. The Morgan fingerprint density at radius 2 is 2.19 bits per heavy atom. The third kappa shape index (κ3) is 2.80. The molecule has 5 nitrogen and oxygen atoms in total. The van der Waals surface area contributed by atoms with Crippen molar-refractivity contribution < 1.29 is 9.72 Å². The molecular formula is C10H9ClN2O3. The Morgan fingerprint density at radius 3 is 2.69 bits per heavy atom. The quantitative estimate of drug-likeness (QED) is 0.502. The van der Waals surface area contributed by atoms with E-state index in [1.165, 1.54) is 25.1 Å². The first-order valence-electron chi connectivity index (χ1n) is 4.32. The molecule has 0 aliphatic heterocycles. The van der Waals surface area contributed by atoms with E-state index in [0.29, 0.717) is 0 Å². The number of nitro groups is 1. The normalized spacial score (nSPS) is 9.62. The van der Waals surface area contributed by atoms with Crippen LogP contribution in [0.1, 0.15) is 6.92 Å². The van der Waals surface area contributed by atoms with Crippen LogP contribution >= 0.6 is 11.6 Å². The Hall–Kier alpha value is -1.88. The number of anilines is 1. The van der Waals surface area contributed by atoms with Crippen LogP contribution in [0.25, 0.3) is 0 Å². The van der Waals surface area contributed by atoms with Gasteiger partial charge in [-0.05, 0) is 19.1 Å². The Morgan fingerprint density at radius 1 is 1.56 bits per heavy atom. The Kier molecular flexibility index (Phi) is 3.63. The number of benzene rings is 1. The maximum absolute atomic E-state index is 11.3. The summed E-state index contributed by atoms with van der Waals surface area (Å²) in [6.07, 6.45) is 0. The number of rotatable bonds is 3. The highest BCUT2D eigenvalue weighted by atomic mass is 35.5. The molecule has 0 saturated heterocycles. The summed E-state index contributed by atoms with van der Waals surface area (Å²) in [7, 11) is 0. The molecule has 0 atom stereocenters. The summed E-state index contributed by atoms with van der Waals surface area (Å²) < 4.78 is 0. The van der Waals surface area contributed by atoms with Crippen molar-refractivity contribution in [3.63, 3.8) is 0 Å². The molecule has 1 amide bonds. The molecule has 1 aromatic rings. The number of halogens is 1. The van der Waals surface area contributed by atoms with Gasteiger partial charge in [-0.2, -0.15) is 0 Å². The molecule has 0 spiro atoms. The Bertz CT molecular complexity index is 471. The lowest BCUT2D eigenvalue weighted by Crippen LogP contribution is -2.13. The monoisotopic (exact) mass is 240 g/mol. The van der Waals surface area contributed by atoms with Gasteiger partial charge in [-0.3, -0.25) is 14.9 Å². The molecule has 0 aliphatic rings. The molecule has 0 aliphatic carbocycles. The summed E-state index contributed by atoms with van der Waals surface area (Å²) >= 11 is 5.63. The second kappa shape index (κ2) is 4.76. The second-order valence-electron chi connectivity index (χ2n) is 3.15. The molecule has 0 fully saturated rings. The summed E-state index contributed by atoms with van der Waals surface area (Å²) in [6, 6.07) is 4.01. The van der Waals surface area contributed by atoms with Gasteiger partial charge in [0.2, 0.25) is 0 Å². The number of carbonyl (C=O) groups is 1. The second-order valence-corrected chi connectivity index (χ2v) is 3.59. The zero-order valence-corrected chi connectivity index (χ0v) is 9.25. The lowest BCUT2D eigenvalue weighted by atomic mass is 10.2. The van der Waals surface area contributed by atoms with Crippen LogP contribution in [0.15, 0.2) is 30.4 Å². The highest BCUT2D eigenvalue weighted by molar-refractivity contribution is 6.31. The summed E-state index contributed by atoms with van der Waals surface area (Å²) in [5, 5.41) is 13.3. The van der Waals surface area contributed by atoms with E-state index in [1.54, 1.807) is 0 Å². The average molecular weight is 241 g/mol. The van der Waals surface area contributed by atoms with Crippen molar-refractivity contribution in [2.75, 3.05) is 5.32 Å². The molecule has 0 aromatic heterocycles. The van der Waals surface area contributed by atoms with Gasteiger partial charge in [0.25, 0.3) is 11.6 Å². The van der Waals surface area contributed by atoms with Crippen LogP contribution in [0, 0.1) is 10.1 Å². The Labute approximate surface area is 96.9 Å². The zero-order chi connectivity index (χ0) is 12.3. The lowest BCUT2D eigenvalue weighted by molar-refractivity contribution is -0.383. The van der Waals surface area contributed by atoms with E-state index in [4.69, 9.17) is 11.6 Å². The zero-order valence-electron chi connectivity index (χ0n) is 8.49. The summed E-state index contributed by atoms with van der Waals surface area (Å²) in [4.78, 5) is 21.4. The van der Waals surface area contributed by atoms with Crippen LogP contribution in [0.2, 0.25) is 5.02 Å². The summed E-state index contributed by atoms with van der Waals surface area (Å²) in [6.45, 7) is 4.95. The molecule has 1 rings (SSSR count).